The van der Waals surface area contributed by atoms with Gasteiger partial charge < -0.3 is 15.6 Å². The maximum absolute atomic E-state index is 11.8. The number of carbonyl (C=O) groups is 1. The minimum Gasteiger partial charge on any atom is -0.398 e. The van der Waals surface area contributed by atoms with E-state index in [2.05, 4.69) is 15.3 Å². The highest BCUT2D eigenvalue weighted by molar-refractivity contribution is 5.78. The lowest BCUT2D eigenvalue weighted by Crippen LogP contribution is -2.33. The predicted molar refractivity (Wildman–Crippen MR) is 73.1 cm³/mol. The molecule has 0 fully saturated rings. The van der Waals surface area contributed by atoms with E-state index in [1.54, 1.807) is 35.6 Å². The van der Waals surface area contributed by atoms with Crippen molar-refractivity contribution in [2.75, 3.05) is 5.73 Å². The SMILES string of the molecule is CC(C)NC(=O)Cn1cncc1-c1cnccc1N. The number of anilines is 1. The van der Waals surface area contributed by atoms with E-state index >= 15 is 0 Å². The molecular weight excluding hydrogens is 242 g/mol. The van der Waals surface area contributed by atoms with Crippen LogP contribution >= 0.6 is 0 Å². The van der Waals surface area contributed by atoms with Gasteiger partial charge in [-0.15, -0.1) is 0 Å². The Kier molecular flexibility index (Phi) is 3.79. The van der Waals surface area contributed by atoms with Crippen LogP contribution in [0.5, 0.6) is 0 Å². The van der Waals surface area contributed by atoms with Gasteiger partial charge in [0, 0.05) is 29.7 Å². The van der Waals surface area contributed by atoms with Crippen LogP contribution in [-0.2, 0) is 11.3 Å². The summed E-state index contributed by atoms with van der Waals surface area (Å²) in [7, 11) is 0. The highest BCUT2D eigenvalue weighted by Crippen LogP contribution is 2.23. The number of aromatic nitrogens is 3. The molecule has 0 aliphatic heterocycles. The van der Waals surface area contributed by atoms with Crippen molar-refractivity contribution in [3.8, 4) is 11.3 Å². The summed E-state index contributed by atoms with van der Waals surface area (Å²) in [5, 5.41) is 2.84. The number of rotatable bonds is 4. The van der Waals surface area contributed by atoms with Gasteiger partial charge in [-0.2, -0.15) is 0 Å². The van der Waals surface area contributed by atoms with E-state index in [1.165, 1.54) is 0 Å². The fourth-order valence-corrected chi connectivity index (χ4v) is 1.81. The summed E-state index contributed by atoms with van der Waals surface area (Å²) in [6.07, 6.45) is 6.59. The normalized spacial score (nSPS) is 10.7. The van der Waals surface area contributed by atoms with E-state index in [0.29, 0.717) is 5.69 Å². The van der Waals surface area contributed by atoms with Gasteiger partial charge >= 0.3 is 0 Å². The molecule has 6 heteroatoms. The molecule has 1 amide bonds. The number of carbonyl (C=O) groups excluding carboxylic acids is 1. The van der Waals surface area contributed by atoms with Crippen molar-refractivity contribution < 1.29 is 4.79 Å². The van der Waals surface area contributed by atoms with E-state index in [0.717, 1.165) is 11.3 Å². The number of nitrogens with zero attached hydrogens (tertiary/aromatic N) is 3. The Labute approximate surface area is 111 Å². The number of nitrogen functional groups attached to an aromatic ring is 1. The number of nitrogens with two attached hydrogens (primary N) is 1. The molecule has 100 valence electrons. The highest BCUT2D eigenvalue weighted by atomic mass is 16.2. The largest absolute Gasteiger partial charge is 0.398 e. The molecule has 6 nitrogen and oxygen atoms in total. The van der Waals surface area contributed by atoms with Gasteiger partial charge in [0.15, 0.2) is 0 Å². The van der Waals surface area contributed by atoms with Gasteiger partial charge in [-0.1, -0.05) is 0 Å². The van der Waals surface area contributed by atoms with E-state index < -0.39 is 0 Å². The van der Waals surface area contributed by atoms with Crippen LogP contribution in [0.15, 0.2) is 31.0 Å². The lowest BCUT2D eigenvalue weighted by Gasteiger charge is -2.11. The Morgan fingerprint density at radius 2 is 2.21 bits per heavy atom. The summed E-state index contributed by atoms with van der Waals surface area (Å²) in [5.41, 5.74) is 8.08. The summed E-state index contributed by atoms with van der Waals surface area (Å²) >= 11 is 0. The van der Waals surface area contributed by atoms with Crippen molar-refractivity contribution >= 4 is 11.6 Å². The molecule has 0 unspecified atom stereocenters. The van der Waals surface area contributed by atoms with Gasteiger partial charge in [-0.05, 0) is 19.9 Å². The Balaban J connectivity index is 2.24. The minimum absolute atomic E-state index is 0.0586. The first kappa shape index (κ1) is 13.1. The highest BCUT2D eigenvalue weighted by Gasteiger charge is 2.11. The maximum atomic E-state index is 11.8. The lowest BCUT2D eigenvalue weighted by atomic mass is 10.2. The molecule has 0 aromatic carbocycles. The third-order valence-electron chi connectivity index (χ3n) is 2.61. The average Bonchev–Trinajstić information content (AvgIpc) is 2.76. The van der Waals surface area contributed by atoms with Gasteiger partial charge in [0.25, 0.3) is 0 Å². The van der Waals surface area contributed by atoms with Gasteiger partial charge in [0.1, 0.15) is 6.54 Å². The molecule has 0 spiro atoms. The summed E-state index contributed by atoms with van der Waals surface area (Å²) < 4.78 is 1.76. The fraction of sp³-hybridized carbons (Fsp3) is 0.308. The van der Waals surface area contributed by atoms with E-state index in [-0.39, 0.29) is 18.5 Å². The number of amides is 1. The molecule has 3 N–H and O–H groups in total. The zero-order valence-electron chi connectivity index (χ0n) is 11.0. The van der Waals surface area contributed by atoms with E-state index in [4.69, 9.17) is 5.73 Å². The molecule has 0 atom stereocenters. The van der Waals surface area contributed by atoms with Crippen LogP contribution in [0.2, 0.25) is 0 Å². The van der Waals surface area contributed by atoms with Crippen LogP contribution in [0, 0.1) is 0 Å². The molecule has 2 aromatic rings. The first-order valence-electron chi connectivity index (χ1n) is 6.07. The first-order chi connectivity index (χ1) is 9.08. The number of pyridine rings is 1. The average molecular weight is 259 g/mol. The minimum atomic E-state index is -0.0586. The lowest BCUT2D eigenvalue weighted by molar-refractivity contribution is -0.122. The third kappa shape index (κ3) is 3.09. The molecule has 0 aliphatic carbocycles. The Hall–Kier alpha value is -2.37. The standard InChI is InChI=1S/C13H17N5O/c1-9(2)17-13(19)7-18-8-16-6-12(18)10-5-15-4-3-11(10)14/h3-6,8-9H,7H2,1-2H3,(H2,14,15)(H,17,19). The smallest absolute Gasteiger partial charge is 0.240 e. The molecule has 19 heavy (non-hydrogen) atoms. The Bertz CT molecular complexity index is 576. The van der Waals surface area contributed by atoms with Crippen molar-refractivity contribution in [1.29, 1.82) is 0 Å². The zero-order valence-corrected chi connectivity index (χ0v) is 11.0. The van der Waals surface area contributed by atoms with Crippen molar-refractivity contribution in [3.63, 3.8) is 0 Å². The molecule has 0 saturated carbocycles. The van der Waals surface area contributed by atoms with Crippen LogP contribution in [-0.4, -0.2) is 26.5 Å². The third-order valence-corrected chi connectivity index (χ3v) is 2.61. The number of hydrogen-bond donors (Lipinski definition) is 2. The zero-order chi connectivity index (χ0) is 13.8. The summed E-state index contributed by atoms with van der Waals surface area (Å²) in [6.45, 7) is 4.06. The molecule has 2 rings (SSSR count). The number of nitrogens with one attached hydrogen (secondary N) is 1. The molecule has 0 bridgehead atoms. The van der Waals surface area contributed by atoms with Crippen LogP contribution in [0.25, 0.3) is 11.3 Å². The monoisotopic (exact) mass is 259 g/mol. The summed E-state index contributed by atoms with van der Waals surface area (Å²) in [6, 6.07) is 1.84. The first-order valence-corrected chi connectivity index (χ1v) is 6.07. The molecule has 0 radical (unpaired) electrons. The summed E-state index contributed by atoms with van der Waals surface area (Å²) in [5.74, 6) is -0.0586. The van der Waals surface area contributed by atoms with Crippen LogP contribution in [0.4, 0.5) is 5.69 Å². The maximum Gasteiger partial charge on any atom is 0.240 e. The molecule has 0 aliphatic rings. The van der Waals surface area contributed by atoms with Crippen molar-refractivity contribution in [2.45, 2.75) is 26.4 Å². The fourth-order valence-electron chi connectivity index (χ4n) is 1.81. The molecule has 0 saturated heterocycles. The number of imidazole rings is 1. The Morgan fingerprint density at radius 3 is 2.89 bits per heavy atom. The van der Waals surface area contributed by atoms with Gasteiger partial charge in [0.05, 0.1) is 18.2 Å². The molecule has 2 aromatic heterocycles. The Morgan fingerprint density at radius 1 is 1.42 bits per heavy atom. The van der Waals surface area contributed by atoms with E-state index in [9.17, 15) is 4.79 Å². The van der Waals surface area contributed by atoms with Crippen molar-refractivity contribution in [2.24, 2.45) is 0 Å². The van der Waals surface area contributed by atoms with Crippen LogP contribution in [0.3, 0.4) is 0 Å². The van der Waals surface area contributed by atoms with Gasteiger partial charge in [-0.3, -0.25) is 9.78 Å². The van der Waals surface area contributed by atoms with Gasteiger partial charge in [-0.25, -0.2) is 4.98 Å². The summed E-state index contributed by atoms with van der Waals surface area (Å²) in [4.78, 5) is 19.9. The second kappa shape index (κ2) is 5.51. The van der Waals surface area contributed by atoms with Crippen molar-refractivity contribution in [3.05, 3.63) is 31.0 Å². The number of hydrogen-bond acceptors (Lipinski definition) is 4. The predicted octanol–water partition coefficient (Wildman–Crippen LogP) is 1.05. The molecule has 2 heterocycles. The second-order valence-electron chi connectivity index (χ2n) is 4.59. The quantitative estimate of drug-likeness (QED) is 0.859. The van der Waals surface area contributed by atoms with Crippen molar-refractivity contribution in [1.82, 2.24) is 19.9 Å². The van der Waals surface area contributed by atoms with Crippen LogP contribution < -0.4 is 11.1 Å². The molecular formula is C13H17N5O. The van der Waals surface area contributed by atoms with E-state index in [1.807, 2.05) is 13.8 Å². The second-order valence-corrected chi connectivity index (χ2v) is 4.59. The topological polar surface area (TPSA) is 85.8 Å². The van der Waals surface area contributed by atoms with Gasteiger partial charge in [0.2, 0.25) is 5.91 Å². The van der Waals surface area contributed by atoms with Crippen LogP contribution in [0.1, 0.15) is 13.8 Å².